The van der Waals surface area contributed by atoms with Gasteiger partial charge in [-0.25, -0.2) is 0 Å². The summed E-state index contributed by atoms with van der Waals surface area (Å²) < 4.78 is 5.50. The molecule has 1 aromatic carbocycles. The van der Waals surface area contributed by atoms with Gasteiger partial charge in [-0.15, -0.1) is 0 Å². The van der Waals surface area contributed by atoms with Crippen LogP contribution in [0.25, 0.3) is 0 Å². The maximum Gasteiger partial charge on any atom is 0.225 e. The number of primary amides is 1. The molecule has 21 heavy (non-hydrogen) atoms. The molecule has 0 aliphatic carbocycles. The zero-order valence-electron chi connectivity index (χ0n) is 12.0. The van der Waals surface area contributed by atoms with E-state index in [1.165, 1.54) is 0 Å². The summed E-state index contributed by atoms with van der Waals surface area (Å²) in [6.45, 7) is 1.52. The Morgan fingerprint density at radius 3 is 2.38 bits per heavy atom. The molecule has 0 atom stereocenters. The lowest BCUT2D eigenvalue weighted by Gasteiger charge is -2.30. The van der Waals surface area contributed by atoms with E-state index in [0.29, 0.717) is 50.4 Å². The number of rotatable bonds is 5. The summed E-state index contributed by atoms with van der Waals surface area (Å²) in [6.07, 6.45) is 1.63. The van der Waals surface area contributed by atoms with Crippen molar-refractivity contribution in [2.24, 2.45) is 11.7 Å². The molecule has 4 N–H and O–H groups in total. The third kappa shape index (κ3) is 4.37. The summed E-state index contributed by atoms with van der Waals surface area (Å²) in [5.41, 5.74) is 11.5. The van der Waals surface area contributed by atoms with E-state index in [0.717, 1.165) is 0 Å². The van der Waals surface area contributed by atoms with Crippen LogP contribution >= 0.6 is 0 Å². The number of nitrogen functional groups attached to an aromatic ring is 1. The largest absolute Gasteiger partial charge is 0.493 e. The Labute approximate surface area is 124 Å². The number of amides is 2. The molecule has 114 valence electrons. The quantitative estimate of drug-likeness (QED) is 0.782. The standard InChI is InChI=1S/C15H21N3O3/c16-12-1-3-13(4-2-12)21-10-7-14(19)18-8-5-11(6-9-18)15(17)20/h1-4,11H,5-10,16H2,(H2,17,20). The van der Waals surface area contributed by atoms with Crippen LogP contribution < -0.4 is 16.2 Å². The number of nitrogens with two attached hydrogens (primary N) is 2. The van der Waals surface area contributed by atoms with Gasteiger partial charge in [-0.3, -0.25) is 9.59 Å². The van der Waals surface area contributed by atoms with Crippen molar-refractivity contribution in [1.29, 1.82) is 0 Å². The molecule has 0 saturated carbocycles. The zero-order chi connectivity index (χ0) is 15.2. The van der Waals surface area contributed by atoms with Crippen LogP contribution in [-0.2, 0) is 9.59 Å². The van der Waals surface area contributed by atoms with Crippen molar-refractivity contribution in [2.45, 2.75) is 19.3 Å². The van der Waals surface area contributed by atoms with Crippen molar-refractivity contribution in [1.82, 2.24) is 4.90 Å². The minimum absolute atomic E-state index is 0.0494. The summed E-state index contributed by atoms with van der Waals surface area (Å²) >= 11 is 0. The first-order valence-corrected chi connectivity index (χ1v) is 7.11. The van der Waals surface area contributed by atoms with Crippen molar-refractivity contribution in [3.8, 4) is 5.75 Å². The number of piperidine rings is 1. The van der Waals surface area contributed by atoms with Crippen LogP contribution in [-0.4, -0.2) is 36.4 Å². The Balaban J connectivity index is 1.70. The number of nitrogens with zero attached hydrogens (tertiary/aromatic N) is 1. The number of carbonyl (C=O) groups is 2. The number of anilines is 1. The number of benzene rings is 1. The van der Waals surface area contributed by atoms with Crippen molar-refractivity contribution in [2.75, 3.05) is 25.4 Å². The first-order chi connectivity index (χ1) is 10.1. The zero-order valence-corrected chi connectivity index (χ0v) is 12.0. The fourth-order valence-electron chi connectivity index (χ4n) is 2.39. The predicted molar refractivity (Wildman–Crippen MR) is 79.5 cm³/mol. The second-order valence-corrected chi connectivity index (χ2v) is 5.22. The Bertz CT molecular complexity index is 493. The molecule has 1 fully saturated rings. The lowest BCUT2D eigenvalue weighted by atomic mass is 9.96. The molecule has 1 heterocycles. The van der Waals surface area contributed by atoms with E-state index in [1.54, 1.807) is 29.2 Å². The monoisotopic (exact) mass is 291 g/mol. The number of carbonyl (C=O) groups excluding carboxylic acids is 2. The fraction of sp³-hybridized carbons (Fsp3) is 0.467. The minimum atomic E-state index is -0.270. The molecule has 1 saturated heterocycles. The number of hydrogen-bond donors (Lipinski definition) is 2. The van der Waals surface area contributed by atoms with Crippen molar-refractivity contribution < 1.29 is 14.3 Å². The van der Waals surface area contributed by atoms with Gasteiger partial charge in [-0.1, -0.05) is 0 Å². The summed E-state index contributed by atoms with van der Waals surface area (Å²) in [4.78, 5) is 24.9. The van der Waals surface area contributed by atoms with Gasteiger partial charge in [0.1, 0.15) is 5.75 Å². The molecule has 2 amide bonds. The summed E-state index contributed by atoms with van der Waals surface area (Å²) in [5, 5.41) is 0. The highest BCUT2D eigenvalue weighted by atomic mass is 16.5. The van der Waals surface area contributed by atoms with E-state index >= 15 is 0 Å². The van der Waals surface area contributed by atoms with Gasteiger partial charge in [-0.05, 0) is 37.1 Å². The van der Waals surface area contributed by atoms with Crippen LogP contribution in [0.5, 0.6) is 5.75 Å². The summed E-state index contributed by atoms with van der Waals surface area (Å²) in [7, 11) is 0. The average molecular weight is 291 g/mol. The second-order valence-electron chi connectivity index (χ2n) is 5.22. The molecule has 0 unspecified atom stereocenters. The molecule has 1 aromatic rings. The van der Waals surface area contributed by atoms with Crippen LogP contribution in [0.3, 0.4) is 0 Å². The van der Waals surface area contributed by atoms with E-state index in [-0.39, 0.29) is 17.7 Å². The highest BCUT2D eigenvalue weighted by molar-refractivity contribution is 5.78. The van der Waals surface area contributed by atoms with Gasteiger partial charge in [0.05, 0.1) is 13.0 Å². The van der Waals surface area contributed by atoms with E-state index in [4.69, 9.17) is 16.2 Å². The molecule has 6 nitrogen and oxygen atoms in total. The fourth-order valence-corrected chi connectivity index (χ4v) is 2.39. The topological polar surface area (TPSA) is 98.7 Å². The Morgan fingerprint density at radius 2 is 1.81 bits per heavy atom. The highest BCUT2D eigenvalue weighted by Crippen LogP contribution is 2.18. The van der Waals surface area contributed by atoms with E-state index in [1.807, 2.05) is 0 Å². The molecule has 1 aliphatic rings. The van der Waals surface area contributed by atoms with Crippen molar-refractivity contribution in [3.63, 3.8) is 0 Å². The summed E-state index contributed by atoms with van der Waals surface area (Å²) in [6, 6.07) is 7.06. The van der Waals surface area contributed by atoms with Gasteiger partial charge in [0.15, 0.2) is 0 Å². The van der Waals surface area contributed by atoms with E-state index < -0.39 is 0 Å². The lowest BCUT2D eigenvalue weighted by Crippen LogP contribution is -2.42. The molecule has 0 aromatic heterocycles. The Hall–Kier alpha value is -2.24. The van der Waals surface area contributed by atoms with Crippen LogP contribution in [0.15, 0.2) is 24.3 Å². The van der Waals surface area contributed by atoms with Gasteiger partial charge >= 0.3 is 0 Å². The smallest absolute Gasteiger partial charge is 0.225 e. The third-order valence-corrected chi connectivity index (χ3v) is 3.71. The first kappa shape index (κ1) is 15.2. The minimum Gasteiger partial charge on any atom is -0.493 e. The van der Waals surface area contributed by atoms with Crippen molar-refractivity contribution in [3.05, 3.63) is 24.3 Å². The lowest BCUT2D eigenvalue weighted by molar-refractivity contribution is -0.135. The van der Waals surface area contributed by atoms with Crippen LogP contribution in [0.2, 0.25) is 0 Å². The molecule has 0 radical (unpaired) electrons. The normalized spacial score (nSPS) is 15.7. The Kier molecular flexibility index (Phi) is 5.03. The Morgan fingerprint density at radius 1 is 1.19 bits per heavy atom. The highest BCUT2D eigenvalue weighted by Gasteiger charge is 2.25. The predicted octanol–water partition coefficient (Wildman–Crippen LogP) is 0.762. The van der Waals surface area contributed by atoms with Crippen LogP contribution in [0.1, 0.15) is 19.3 Å². The molecular formula is C15H21N3O3. The number of ether oxygens (including phenoxy) is 1. The molecule has 0 bridgehead atoms. The molecule has 6 heteroatoms. The number of hydrogen-bond acceptors (Lipinski definition) is 4. The van der Waals surface area contributed by atoms with E-state index in [2.05, 4.69) is 0 Å². The molecular weight excluding hydrogens is 270 g/mol. The molecule has 2 rings (SSSR count). The number of likely N-dealkylation sites (tertiary alicyclic amines) is 1. The summed E-state index contributed by atoms with van der Waals surface area (Å²) in [5.74, 6) is 0.381. The van der Waals surface area contributed by atoms with Gasteiger partial charge in [0, 0.05) is 24.7 Å². The average Bonchev–Trinajstić information content (AvgIpc) is 2.49. The third-order valence-electron chi connectivity index (χ3n) is 3.71. The second kappa shape index (κ2) is 6.97. The molecule has 1 aliphatic heterocycles. The first-order valence-electron chi connectivity index (χ1n) is 7.11. The van der Waals surface area contributed by atoms with Gasteiger partial charge in [0.25, 0.3) is 0 Å². The van der Waals surface area contributed by atoms with Crippen LogP contribution in [0, 0.1) is 5.92 Å². The SMILES string of the molecule is NC(=O)C1CCN(C(=O)CCOc2ccc(N)cc2)CC1. The maximum absolute atomic E-state index is 12.0. The molecule has 0 spiro atoms. The van der Waals surface area contributed by atoms with Gasteiger partial charge < -0.3 is 21.1 Å². The van der Waals surface area contributed by atoms with E-state index in [9.17, 15) is 9.59 Å². The van der Waals surface area contributed by atoms with Gasteiger partial charge in [0.2, 0.25) is 11.8 Å². The van der Waals surface area contributed by atoms with Gasteiger partial charge in [-0.2, -0.15) is 0 Å². The van der Waals surface area contributed by atoms with Crippen LogP contribution in [0.4, 0.5) is 5.69 Å². The maximum atomic E-state index is 12.0. The van der Waals surface area contributed by atoms with Crippen molar-refractivity contribution >= 4 is 17.5 Å².